The molecule has 0 unspecified atom stereocenters. The van der Waals surface area contributed by atoms with E-state index < -0.39 is 4.92 Å². The second-order valence-electron chi connectivity index (χ2n) is 3.25. The van der Waals surface area contributed by atoms with Gasteiger partial charge in [0.1, 0.15) is 6.61 Å². The van der Waals surface area contributed by atoms with Gasteiger partial charge in [0.25, 0.3) is 0 Å². The lowest BCUT2D eigenvalue weighted by Crippen LogP contribution is -2.11. The molecule has 7 heteroatoms. The summed E-state index contributed by atoms with van der Waals surface area (Å²) in [6, 6.07) is 4.11. The average Bonchev–Trinajstić information content (AvgIpc) is 2.38. The van der Waals surface area contributed by atoms with E-state index in [1.807, 2.05) is 0 Å². The van der Waals surface area contributed by atoms with Gasteiger partial charge >= 0.3 is 5.69 Å². The molecule has 98 valence electrons. The number of aliphatic hydroxyl groups is 1. The van der Waals surface area contributed by atoms with E-state index in [1.165, 1.54) is 18.2 Å². The number of carbonyl (C=O) groups is 1. The van der Waals surface area contributed by atoms with Gasteiger partial charge in [0.2, 0.25) is 5.75 Å². The van der Waals surface area contributed by atoms with Gasteiger partial charge in [0.15, 0.2) is 6.29 Å². The van der Waals surface area contributed by atoms with Crippen LogP contribution in [0.3, 0.4) is 0 Å². The maximum Gasteiger partial charge on any atom is 0.311 e. The van der Waals surface area contributed by atoms with Gasteiger partial charge in [-0.3, -0.25) is 14.9 Å². The molecular formula is C11H13NO6. The van der Waals surface area contributed by atoms with Gasteiger partial charge in [-0.2, -0.15) is 0 Å². The minimum atomic E-state index is -0.614. The fourth-order valence-electron chi connectivity index (χ4n) is 1.31. The number of ether oxygens (including phenoxy) is 2. The first kappa shape index (κ1) is 14.1. The molecule has 0 saturated carbocycles. The van der Waals surface area contributed by atoms with Crippen LogP contribution in [0.25, 0.3) is 0 Å². The predicted molar refractivity (Wildman–Crippen MR) is 61.9 cm³/mol. The Morgan fingerprint density at radius 3 is 2.72 bits per heavy atom. The molecule has 1 aromatic rings. The minimum absolute atomic E-state index is 0.0612. The van der Waals surface area contributed by atoms with E-state index in [2.05, 4.69) is 0 Å². The van der Waals surface area contributed by atoms with Crippen LogP contribution in [0.4, 0.5) is 5.69 Å². The SMILES string of the molecule is O=Cc1cccc([N+](=O)[O-])c1OCCOCCO. The summed E-state index contributed by atoms with van der Waals surface area (Å²) in [5.74, 6) is -0.0647. The van der Waals surface area contributed by atoms with Gasteiger partial charge in [-0.05, 0) is 6.07 Å². The third-order valence-corrected chi connectivity index (χ3v) is 2.06. The lowest BCUT2D eigenvalue weighted by atomic mass is 10.2. The molecule has 0 aromatic heterocycles. The smallest absolute Gasteiger partial charge is 0.311 e. The van der Waals surface area contributed by atoms with Crippen LogP contribution in [0.1, 0.15) is 10.4 Å². The summed E-state index contributed by atoms with van der Waals surface area (Å²) in [6.07, 6.45) is 0.497. The first-order chi connectivity index (χ1) is 8.70. The Kier molecular flexibility index (Phi) is 5.75. The zero-order valence-electron chi connectivity index (χ0n) is 9.57. The molecule has 0 amide bonds. The molecule has 1 rings (SSSR count). The van der Waals surface area contributed by atoms with Crippen molar-refractivity contribution in [2.24, 2.45) is 0 Å². The summed E-state index contributed by atoms with van der Waals surface area (Å²) >= 11 is 0. The molecule has 1 aromatic carbocycles. The van der Waals surface area contributed by atoms with Gasteiger partial charge in [0, 0.05) is 6.07 Å². The number of nitro groups is 1. The molecule has 0 bridgehead atoms. The highest BCUT2D eigenvalue weighted by atomic mass is 16.6. The van der Waals surface area contributed by atoms with Crippen molar-refractivity contribution in [2.75, 3.05) is 26.4 Å². The molecule has 0 heterocycles. The number of carbonyl (C=O) groups excluding carboxylic acids is 1. The van der Waals surface area contributed by atoms with Crippen molar-refractivity contribution in [2.45, 2.75) is 0 Å². The third kappa shape index (κ3) is 3.79. The number of hydrogen-bond acceptors (Lipinski definition) is 6. The van der Waals surface area contributed by atoms with E-state index in [0.717, 1.165) is 0 Å². The van der Waals surface area contributed by atoms with Crippen LogP contribution in [-0.2, 0) is 4.74 Å². The number of hydrogen-bond donors (Lipinski definition) is 1. The van der Waals surface area contributed by atoms with Crippen molar-refractivity contribution in [3.63, 3.8) is 0 Å². The first-order valence-corrected chi connectivity index (χ1v) is 5.24. The largest absolute Gasteiger partial charge is 0.484 e. The van der Waals surface area contributed by atoms with Crippen LogP contribution in [0.2, 0.25) is 0 Å². The molecule has 0 atom stereocenters. The number of aliphatic hydroxyl groups excluding tert-OH is 1. The number of rotatable bonds is 8. The fourth-order valence-corrected chi connectivity index (χ4v) is 1.31. The first-order valence-electron chi connectivity index (χ1n) is 5.24. The molecule has 0 aliphatic heterocycles. The Morgan fingerprint density at radius 2 is 2.11 bits per heavy atom. The highest BCUT2D eigenvalue weighted by molar-refractivity contribution is 5.82. The van der Waals surface area contributed by atoms with Crippen LogP contribution in [-0.4, -0.2) is 42.7 Å². The highest BCUT2D eigenvalue weighted by Gasteiger charge is 2.18. The summed E-state index contributed by atoms with van der Waals surface area (Å²) in [4.78, 5) is 20.9. The van der Waals surface area contributed by atoms with Crippen molar-refractivity contribution in [3.05, 3.63) is 33.9 Å². The molecule has 0 spiro atoms. The number of nitrogens with zero attached hydrogens (tertiary/aromatic N) is 1. The zero-order valence-corrected chi connectivity index (χ0v) is 9.57. The predicted octanol–water partition coefficient (Wildman–Crippen LogP) is 0.795. The Morgan fingerprint density at radius 1 is 1.33 bits per heavy atom. The monoisotopic (exact) mass is 255 g/mol. The molecule has 1 N–H and O–H groups in total. The van der Waals surface area contributed by atoms with E-state index in [1.54, 1.807) is 0 Å². The maximum atomic E-state index is 10.8. The Hall–Kier alpha value is -1.99. The summed E-state index contributed by atoms with van der Waals surface area (Å²) in [7, 11) is 0. The van der Waals surface area contributed by atoms with E-state index in [9.17, 15) is 14.9 Å². The van der Waals surface area contributed by atoms with Gasteiger partial charge in [-0.15, -0.1) is 0 Å². The van der Waals surface area contributed by atoms with E-state index in [-0.39, 0.29) is 43.4 Å². The topological polar surface area (TPSA) is 98.9 Å². The molecule has 0 fully saturated rings. The van der Waals surface area contributed by atoms with Crippen molar-refractivity contribution in [1.29, 1.82) is 0 Å². The second kappa shape index (κ2) is 7.36. The zero-order chi connectivity index (χ0) is 13.4. The Bertz CT molecular complexity index is 420. The molecule has 18 heavy (non-hydrogen) atoms. The van der Waals surface area contributed by atoms with Crippen molar-refractivity contribution in [1.82, 2.24) is 0 Å². The minimum Gasteiger partial charge on any atom is -0.484 e. The van der Waals surface area contributed by atoms with E-state index in [0.29, 0.717) is 6.29 Å². The summed E-state index contributed by atoms with van der Waals surface area (Å²) in [5, 5.41) is 19.3. The van der Waals surface area contributed by atoms with Gasteiger partial charge in [-0.1, -0.05) is 6.07 Å². The van der Waals surface area contributed by atoms with Crippen LogP contribution in [0.5, 0.6) is 5.75 Å². The molecule has 0 saturated heterocycles. The quantitative estimate of drug-likeness (QED) is 0.319. The fraction of sp³-hybridized carbons (Fsp3) is 0.364. The Balaban J connectivity index is 2.72. The number of aldehydes is 1. The van der Waals surface area contributed by atoms with Gasteiger partial charge in [-0.25, -0.2) is 0 Å². The van der Waals surface area contributed by atoms with Crippen LogP contribution in [0.15, 0.2) is 18.2 Å². The number of benzene rings is 1. The third-order valence-electron chi connectivity index (χ3n) is 2.06. The average molecular weight is 255 g/mol. The Labute approximate surface area is 103 Å². The number of para-hydroxylation sites is 1. The van der Waals surface area contributed by atoms with Crippen molar-refractivity contribution in [3.8, 4) is 5.75 Å². The normalized spacial score (nSPS) is 10.1. The highest BCUT2D eigenvalue weighted by Crippen LogP contribution is 2.29. The molecule has 0 radical (unpaired) electrons. The van der Waals surface area contributed by atoms with Crippen LogP contribution >= 0.6 is 0 Å². The molecular weight excluding hydrogens is 242 g/mol. The van der Waals surface area contributed by atoms with Crippen molar-refractivity contribution < 1.29 is 24.3 Å². The van der Waals surface area contributed by atoms with Gasteiger partial charge < -0.3 is 14.6 Å². The maximum absolute atomic E-state index is 10.8. The van der Waals surface area contributed by atoms with E-state index >= 15 is 0 Å². The second-order valence-corrected chi connectivity index (χ2v) is 3.25. The standard InChI is InChI=1S/C11H13NO6/c13-4-5-17-6-7-18-11-9(8-14)2-1-3-10(11)12(15)16/h1-3,8,13H,4-7H2. The number of nitro benzene ring substituents is 1. The van der Waals surface area contributed by atoms with Crippen molar-refractivity contribution >= 4 is 12.0 Å². The lowest BCUT2D eigenvalue weighted by molar-refractivity contribution is -0.385. The van der Waals surface area contributed by atoms with Crippen LogP contribution < -0.4 is 4.74 Å². The molecule has 0 aliphatic carbocycles. The summed E-state index contributed by atoms with van der Waals surface area (Å²) < 4.78 is 10.1. The van der Waals surface area contributed by atoms with E-state index in [4.69, 9.17) is 14.6 Å². The molecule has 7 nitrogen and oxygen atoms in total. The summed E-state index contributed by atoms with van der Waals surface area (Å²) in [5.41, 5.74) is -0.145. The van der Waals surface area contributed by atoms with Gasteiger partial charge in [0.05, 0.1) is 30.3 Å². The summed E-state index contributed by atoms with van der Waals surface area (Å²) in [6.45, 7) is 0.294. The molecule has 0 aliphatic rings. The van der Waals surface area contributed by atoms with Crippen LogP contribution in [0, 0.1) is 10.1 Å². The lowest BCUT2D eigenvalue weighted by Gasteiger charge is -2.08.